The van der Waals surface area contributed by atoms with E-state index in [4.69, 9.17) is 9.47 Å². The van der Waals surface area contributed by atoms with Gasteiger partial charge in [0, 0.05) is 23.2 Å². The maximum Gasteiger partial charge on any atom is 0.229 e. The van der Waals surface area contributed by atoms with Gasteiger partial charge in [0.2, 0.25) is 5.95 Å². The van der Waals surface area contributed by atoms with Crippen LogP contribution in [0.15, 0.2) is 42.5 Å². The van der Waals surface area contributed by atoms with Gasteiger partial charge in [-0.25, -0.2) is 4.98 Å². The predicted molar refractivity (Wildman–Crippen MR) is 96.9 cm³/mol. The zero-order valence-corrected chi connectivity index (χ0v) is 13.7. The lowest BCUT2D eigenvalue weighted by Crippen LogP contribution is -2.15. The topological polar surface area (TPSA) is 68.3 Å². The number of ether oxygens (including phenoxy) is 2. The molecule has 1 aliphatic heterocycles. The van der Waals surface area contributed by atoms with Gasteiger partial charge < -0.3 is 20.1 Å². The zero-order valence-electron chi connectivity index (χ0n) is 13.7. The molecule has 5 rings (SSSR count). The normalized spacial score (nSPS) is 15.8. The van der Waals surface area contributed by atoms with Crippen LogP contribution in [0.2, 0.25) is 0 Å². The summed E-state index contributed by atoms with van der Waals surface area (Å²) in [6.45, 7) is 1.15. The minimum Gasteiger partial charge on any atom is -0.486 e. The fourth-order valence-electron chi connectivity index (χ4n) is 2.91. The third kappa shape index (κ3) is 2.91. The zero-order chi connectivity index (χ0) is 16.6. The summed E-state index contributed by atoms with van der Waals surface area (Å²) in [7, 11) is 0. The molecule has 1 aromatic heterocycles. The van der Waals surface area contributed by atoms with Crippen LogP contribution in [0.25, 0.3) is 10.9 Å². The molecule has 6 heteroatoms. The molecule has 0 atom stereocenters. The van der Waals surface area contributed by atoms with Crippen molar-refractivity contribution in [3.05, 3.63) is 42.5 Å². The van der Waals surface area contributed by atoms with E-state index >= 15 is 0 Å². The summed E-state index contributed by atoms with van der Waals surface area (Å²) in [5, 5.41) is 7.83. The van der Waals surface area contributed by atoms with Crippen LogP contribution in [0.3, 0.4) is 0 Å². The van der Waals surface area contributed by atoms with Crippen molar-refractivity contribution in [3.8, 4) is 11.5 Å². The first kappa shape index (κ1) is 14.3. The number of para-hydroxylation sites is 1. The Labute approximate surface area is 145 Å². The Morgan fingerprint density at radius 1 is 0.920 bits per heavy atom. The minimum absolute atomic E-state index is 0.528. The molecule has 1 saturated carbocycles. The average Bonchev–Trinajstić information content (AvgIpc) is 3.46. The summed E-state index contributed by atoms with van der Waals surface area (Å²) in [6, 6.07) is 14.3. The maximum absolute atomic E-state index is 5.64. The lowest BCUT2D eigenvalue weighted by atomic mass is 10.2. The molecule has 0 amide bonds. The lowest BCUT2D eigenvalue weighted by molar-refractivity contribution is 0.171. The molecule has 6 nitrogen and oxygen atoms in total. The summed E-state index contributed by atoms with van der Waals surface area (Å²) >= 11 is 0. The van der Waals surface area contributed by atoms with E-state index in [0.29, 0.717) is 25.2 Å². The van der Waals surface area contributed by atoms with Crippen LogP contribution in [-0.2, 0) is 0 Å². The van der Waals surface area contributed by atoms with Gasteiger partial charge >= 0.3 is 0 Å². The second-order valence-electron chi connectivity index (χ2n) is 6.32. The Bertz CT molecular complexity index is 940. The third-order valence-corrected chi connectivity index (χ3v) is 4.32. The number of hydrogen-bond donors (Lipinski definition) is 2. The van der Waals surface area contributed by atoms with Crippen LogP contribution in [0.5, 0.6) is 11.5 Å². The Morgan fingerprint density at radius 2 is 1.76 bits per heavy atom. The van der Waals surface area contributed by atoms with Crippen LogP contribution < -0.4 is 20.1 Å². The van der Waals surface area contributed by atoms with E-state index in [1.807, 2.05) is 42.5 Å². The quantitative estimate of drug-likeness (QED) is 0.758. The monoisotopic (exact) mass is 334 g/mol. The number of hydrogen-bond acceptors (Lipinski definition) is 6. The van der Waals surface area contributed by atoms with Crippen LogP contribution in [0, 0.1) is 0 Å². The summed E-state index contributed by atoms with van der Waals surface area (Å²) in [4.78, 5) is 9.32. The van der Waals surface area contributed by atoms with Gasteiger partial charge in [-0.15, -0.1) is 0 Å². The first-order valence-electron chi connectivity index (χ1n) is 8.55. The molecular weight excluding hydrogens is 316 g/mol. The van der Waals surface area contributed by atoms with E-state index in [1.165, 1.54) is 12.8 Å². The van der Waals surface area contributed by atoms with Gasteiger partial charge in [0.25, 0.3) is 0 Å². The van der Waals surface area contributed by atoms with E-state index < -0.39 is 0 Å². The van der Waals surface area contributed by atoms with Crippen molar-refractivity contribution in [2.45, 2.75) is 18.9 Å². The number of anilines is 3. The van der Waals surface area contributed by atoms with Gasteiger partial charge in [-0.1, -0.05) is 12.1 Å². The standard InChI is InChI=1S/C19H18N4O2/c1-2-4-15-14(3-1)18(20-12-5-6-12)23-19(22-15)21-13-7-8-16-17(11-13)25-10-9-24-16/h1-4,7-8,11-12H,5-6,9-10H2,(H2,20,21,22,23). The molecule has 0 saturated heterocycles. The minimum atomic E-state index is 0.528. The smallest absolute Gasteiger partial charge is 0.229 e. The molecule has 0 spiro atoms. The van der Waals surface area contributed by atoms with Crippen molar-refractivity contribution in [1.82, 2.24) is 9.97 Å². The number of rotatable bonds is 4. The average molecular weight is 334 g/mol. The molecule has 1 fully saturated rings. The molecule has 1 aliphatic carbocycles. The molecular formula is C19H18N4O2. The van der Waals surface area contributed by atoms with Gasteiger partial charge in [-0.2, -0.15) is 4.98 Å². The number of benzene rings is 2. The van der Waals surface area contributed by atoms with Gasteiger partial charge in [-0.3, -0.25) is 0 Å². The number of aromatic nitrogens is 2. The van der Waals surface area contributed by atoms with Crippen molar-refractivity contribution < 1.29 is 9.47 Å². The number of nitrogens with one attached hydrogen (secondary N) is 2. The van der Waals surface area contributed by atoms with E-state index in [1.54, 1.807) is 0 Å². The van der Waals surface area contributed by atoms with E-state index in [-0.39, 0.29) is 0 Å². The molecule has 0 unspecified atom stereocenters. The Morgan fingerprint density at radius 3 is 2.64 bits per heavy atom. The Hall–Kier alpha value is -3.02. The third-order valence-electron chi connectivity index (χ3n) is 4.32. The van der Waals surface area contributed by atoms with E-state index in [0.717, 1.165) is 33.9 Å². The Balaban J connectivity index is 1.49. The summed E-state index contributed by atoms with van der Waals surface area (Å²) in [5.41, 5.74) is 1.79. The van der Waals surface area contributed by atoms with Crippen molar-refractivity contribution in [2.75, 3.05) is 23.8 Å². The molecule has 2 N–H and O–H groups in total. The van der Waals surface area contributed by atoms with Crippen molar-refractivity contribution in [3.63, 3.8) is 0 Å². The first-order valence-corrected chi connectivity index (χ1v) is 8.55. The van der Waals surface area contributed by atoms with Gasteiger partial charge in [0.05, 0.1) is 5.52 Å². The molecule has 2 aromatic carbocycles. The summed E-state index contributed by atoms with van der Waals surface area (Å²) in [6.07, 6.45) is 2.40. The van der Waals surface area contributed by atoms with Gasteiger partial charge in [0.1, 0.15) is 19.0 Å². The van der Waals surface area contributed by atoms with Gasteiger partial charge in [-0.05, 0) is 37.1 Å². The highest BCUT2D eigenvalue weighted by molar-refractivity contribution is 5.90. The maximum atomic E-state index is 5.64. The summed E-state index contributed by atoms with van der Waals surface area (Å²) in [5.74, 6) is 2.97. The van der Waals surface area contributed by atoms with Gasteiger partial charge in [0.15, 0.2) is 11.5 Å². The van der Waals surface area contributed by atoms with E-state index in [2.05, 4.69) is 20.6 Å². The first-order chi connectivity index (χ1) is 12.3. The second kappa shape index (κ2) is 5.81. The van der Waals surface area contributed by atoms with Crippen LogP contribution in [-0.4, -0.2) is 29.2 Å². The molecule has 2 heterocycles. The second-order valence-corrected chi connectivity index (χ2v) is 6.32. The molecule has 0 radical (unpaired) electrons. The highest BCUT2D eigenvalue weighted by Gasteiger charge is 2.23. The molecule has 3 aromatic rings. The highest BCUT2D eigenvalue weighted by Crippen LogP contribution is 2.34. The van der Waals surface area contributed by atoms with Crippen molar-refractivity contribution in [1.29, 1.82) is 0 Å². The molecule has 25 heavy (non-hydrogen) atoms. The van der Waals surface area contributed by atoms with Crippen molar-refractivity contribution >= 4 is 28.4 Å². The summed E-state index contributed by atoms with van der Waals surface area (Å²) < 4.78 is 11.2. The largest absolute Gasteiger partial charge is 0.486 e. The molecule has 126 valence electrons. The van der Waals surface area contributed by atoms with Crippen LogP contribution in [0.1, 0.15) is 12.8 Å². The fraction of sp³-hybridized carbons (Fsp3) is 0.263. The van der Waals surface area contributed by atoms with Crippen LogP contribution >= 0.6 is 0 Å². The number of fused-ring (bicyclic) bond motifs is 2. The fourth-order valence-corrected chi connectivity index (χ4v) is 2.91. The molecule has 0 bridgehead atoms. The number of nitrogens with zero attached hydrogens (tertiary/aromatic N) is 2. The lowest BCUT2D eigenvalue weighted by Gasteiger charge is -2.19. The van der Waals surface area contributed by atoms with E-state index in [9.17, 15) is 0 Å². The SMILES string of the molecule is c1ccc2c(NC3CC3)nc(Nc3ccc4c(c3)OCCO4)nc2c1. The highest BCUT2D eigenvalue weighted by atomic mass is 16.6. The molecule has 2 aliphatic rings. The Kier molecular flexibility index (Phi) is 3.33. The van der Waals surface area contributed by atoms with Crippen molar-refractivity contribution in [2.24, 2.45) is 0 Å². The van der Waals surface area contributed by atoms with Crippen LogP contribution in [0.4, 0.5) is 17.5 Å². The predicted octanol–water partition coefficient (Wildman–Crippen LogP) is 3.72.